The monoisotopic (exact) mass is 531 g/mol. The van der Waals surface area contributed by atoms with E-state index in [0.717, 1.165) is 0 Å². The molecule has 0 radical (unpaired) electrons. The predicted molar refractivity (Wildman–Crippen MR) is 172 cm³/mol. The molecule has 6 aromatic carbocycles. The molecule has 0 spiro atoms. The molecule has 0 fully saturated rings. The summed E-state index contributed by atoms with van der Waals surface area (Å²) in [5, 5.41) is 7.93. The normalized spacial score (nSPS) is 12.1. The molecule has 0 saturated carbocycles. The van der Waals surface area contributed by atoms with Crippen LogP contribution in [-0.2, 0) is 0 Å². The molecule has 182 valence electrons. The van der Waals surface area contributed by atoms with Crippen molar-refractivity contribution in [3.8, 4) is 16.8 Å². The van der Waals surface area contributed by atoms with Crippen LogP contribution in [0.5, 0.6) is 0 Å². The SMILES string of the molecule is c1ccc2c(c1)sc1c(-c3ccc4c(c3)sc3cccc(-n5c6ccccc6c6ccccc65)c34)cccc12. The van der Waals surface area contributed by atoms with Gasteiger partial charge in [-0.25, -0.2) is 0 Å². The zero-order chi connectivity index (χ0) is 25.5. The Bertz CT molecular complexity index is 2350. The third kappa shape index (κ3) is 3.00. The van der Waals surface area contributed by atoms with E-state index in [9.17, 15) is 0 Å². The van der Waals surface area contributed by atoms with E-state index in [1.807, 2.05) is 22.7 Å². The van der Waals surface area contributed by atoms with Gasteiger partial charge in [-0.2, -0.15) is 0 Å². The highest BCUT2D eigenvalue weighted by Gasteiger charge is 2.17. The summed E-state index contributed by atoms with van der Waals surface area (Å²) < 4.78 is 7.81. The smallest absolute Gasteiger partial charge is 0.0555 e. The first-order valence-electron chi connectivity index (χ1n) is 13.2. The van der Waals surface area contributed by atoms with Gasteiger partial charge in [0.25, 0.3) is 0 Å². The van der Waals surface area contributed by atoms with Gasteiger partial charge in [0.1, 0.15) is 0 Å². The number of benzene rings is 6. The Balaban J connectivity index is 1.31. The number of hydrogen-bond acceptors (Lipinski definition) is 2. The molecule has 0 saturated heterocycles. The molecule has 3 heterocycles. The zero-order valence-corrected chi connectivity index (χ0v) is 22.5. The minimum Gasteiger partial charge on any atom is -0.309 e. The Kier molecular flexibility index (Phi) is 4.43. The van der Waals surface area contributed by atoms with Crippen molar-refractivity contribution >= 4 is 84.8 Å². The maximum Gasteiger partial charge on any atom is 0.0555 e. The van der Waals surface area contributed by atoms with Crippen LogP contribution in [0.3, 0.4) is 0 Å². The average molecular weight is 532 g/mol. The van der Waals surface area contributed by atoms with Crippen LogP contribution in [0.15, 0.2) is 127 Å². The van der Waals surface area contributed by atoms with E-state index in [0.29, 0.717) is 0 Å². The first-order chi connectivity index (χ1) is 19.3. The lowest BCUT2D eigenvalue weighted by molar-refractivity contribution is 1.20. The van der Waals surface area contributed by atoms with Crippen LogP contribution in [-0.4, -0.2) is 4.57 Å². The number of para-hydroxylation sites is 2. The Morgan fingerprint density at radius 2 is 1.10 bits per heavy atom. The molecule has 0 N–H and O–H groups in total. The lowest BCUT2D eigenvalue weighted by Gasteiger charge is -2.10. The highest BCUT2D eigenvalue weighted by Crippen LogP contribution is 2.44. The minimum absolute atomic E-state index is 1.25. The van der Waals surface area contributed by atoms with Crippen LogP contribution in [0.25, 0.3) is 79.0 Å². The number of nitrogens with zero attached hydrogens (tertiary/aromatic N) is 1. The van der Waals surface area contributed by atoms with Gasteiger partial charge >= 0.3 is 0 Å². The number of aromatic nitrogens is 1. The van der Waals surface area contributed by atoms with Crippen molar-refractivity contribution in [2.75, 3.05) is 0 Å². The molecule has 39 heavy (non-hydrogen) atoms. The lowest BCUT2D eigenvalue weighted by atomic mass is 10.0. The third-order valence-corrected chi connectivity index (χ3v) is 10.3. The van der Waals surface area contributed by atoms with Crippen LogP contribution >= 0.6 is 22.7 Å². The Labute approximate surface area is 232 Å². The summed E-state index contributed by atoms with van der Waals surface area (Å²) in [6, 6.07) is 46.8. The lowest BCUT2D eigenvalue weighted by Crippen LogP contribution is -1.94. The molecule has 9 aromatic rings. The summed E-state index contributed by atoms with van der Waals surface area (Å²) in [6.07, 6.45) is 0. The maximum atomic E-state index is 2.45. The highest BCUT2D eigenvalue weighted by atomic mass is 32.1. The Morgan fingerprint density at radius 3 is 1.92 bits per heavy atom. The van der Waals surface area contributed by atoms with Crippen LogP contribution in [0.2, 0.25) is 0 Å². The Morgan fingerprint density at radius 1 is 0.436 bits per heavy atom. The second-order valence-electron chi connectivity index (χ2n) is 10.1. The van der Waals surface area contributed by atoms with E-state index in [1.54, 1.807) is 0 Å². The van der Waals surface area contributed by atoms with Crippen molar-refractivity contribution in [3.63, 3.8) is 0 Å². The molecule has 1 nitrogen and oxygen atoms in total. The highest BCUT2D eigenvalue weighted by molar-refractivity contribution is 7.26. The molecular weight excluding hydrogens is 511 g/mol. The van der Waals surface area contributed by atoms with E-state index in [2.05, 4.69) is 132 Å². The van der Waals surface area contributed by atoms with Crippen LogP contribution < -0.4 is 0 Å². The summed E-state index contributed by atoms with van der Waals surface area (Å²) >= 11 is 3.79. The maximum absolute atomic E-state index is 2.45. The minimum atomic E-state index is 1.25. The second-order valence-corrected chi connectivity index (χ2v) is 12.2. The van der Waals surface area contributed by atoms with Gasteiger partial charge in [-0.15, -0.1) is 22.7 Å². The van der Waals surface area contributed by atoms with Crippen molar-refractivity contribution in [1.29, 1.82) is 0 Å². The molecular formula is C36H21NS2. The molecule has 9 rings (SSSR count). The van der Waals surface area contributed by atoms with Gasteiger partial charge in [0.15, 0.2) is 0 Å². The van der Waals surface area contributed by atoms with E-state index >= 15 is 0 Å². The quantitative estimate of drug-likeness (QED) is 0.209. The van der Waals surface area contributed by atoms with E-state index in [-0.39, 0.29) is 0 Å². The zero-order valence-electron chi connectivity index (χ0n) is 20.9. The number of thiophene rings is 2. The fourth-order valence-corrected chi connectivity index (χ4v) is 8.72. The van der Waals surface area contributed by atoms with Crippen molar-refractivity contribution in [3.05, 3.63) is 127 Å². The topological polar surface area (TPSA) is 4.93 Å². The molecule has 0 aliphatic rings. The van der Waals surface area contributed by atoms with E-state index in [1.165, 1.54) is 79.0 Å². The van der Waals surface area contributed by atoms with Gasteiger partial charge in [-0.05, 0) is 47.5 Å². The summed E-state index contributed by atoms with van der Waals surface area (Å²) in [4.78, 5) is 0. The van der Waals surface area contributed by atoms with Crippen molar-refractivity contribution in [1.82, 2.24) is 4.57 Å². The predicted octanol–water partition coefficient (Wildman–Crippen LogP) is 11.2. The largest absolute Gasteiger partial charge is 0.309 e. The van der Waals surface area contributed by atoms with Gasteiger partial charge in [0, 0.05) is 51.1 Å². The summed E-state index contributed by atoms with van der Waals surface area (Å²) in [6.45, 7) is 0. The molecule has 3 heteroatoms. The van der Waals surface area contributed by atoms with Crippen molar-refractivity contribution < 1.29 is 0 Å². The number of fused-ring (bicyclic) bond motifs is 9. The summed E-state index contributed by atoms with van der Waals surface area (Å²) in [5.41, 5.74) is 6.34. The fourth-order valence-electron chi connectivity index (χ4n) is 6.32. The van der Waals surface area contributed by atoms with Gasteiger partial charge in [0.2, 0.25) is 0 Å². The molecule has 0 unspecified atom stereocenters. The number of hydrogen-bond donors (Lipinski definition) is 0. The fraction of sp³-hybridized carbons (Fsp3) is 0. The van der Waals surface area contributed by atoms with Gasteiger partial charge in [-0.1, -0.05) is 91.0 Å². The summed E-state index contributed by atoms with van der Waals surface area (Å²) in [7, 11) is 0. The molecule has 0 atom stereocenters. The van der Waals surface area contributed by atoms with Crippen LogP contribution in [0, 0.1) is 0 Å². The van der Waals surface area contributed by atoms with Crippen molar-refractivity contribution in [2.45, 2.75) is 0 Å². The standard InChI is InChI=1S/C36H21NS2/c1-4-14-29-24(9-1)25-10-2-5-15-30(25)37(29)31-16-8-18-33-35(31)28-20-19-22(21-34(28)38-33)23-12-7-13-27-26-11-3-6-17-32(26)39-36(23)27/h1-21H. The first kappa shape index (κ1) is 21.5. The van der Waals surface area contributed by atoms with Crippen LogP contribution in [0.4, 0.5) is 0 Å². The van der Waals surface area contributed by atoms with E-state index < -0.39 is 0 Å². The molecule has 0 bridgehead atoms. The number of rotatable bonds is 2. The molecule has 0 aliphatic carbocycles. The van der Waals surface area contributed by atoms with Crippen molar-refractivity contribution in [2.24, 2.45) is 0 Å². The first-order valence-corrected chi connectivity index (χ1v) is 14.8. The van der Waals surface area contributed by atoms with E-state index in [4.69, 9.17) is 0 Å². The van der Waals surface area contributed by atoms with Gasteiger partial charge < -0.3 is 4.57 Å². The second kappa shape index (κ2) is 8.03. The summed E-state index contributed by atoms with van der Waals surface area (Å²) in [5.74, 6) is 0. The molecule has 3 aromatic heterocycles. The molecule has 0 aliphatic heterocycles. The average Bonchev–Trinajstić information content (AvgIpc) is 3.66. The van der Waals surface area contributed by atoms with Crippen LogP contribution in [0.1, 0.15) is 0 Å². The Hall–Kier alpha value is -4.44. The van der Waals surface area contributed by atoms with Gasteiger partial charge in [-0.3, -0.25) is 0 Å². The third-order valence-electron chi connectivity index (χ3n) is 8.01. The van der Waals surface area contributed by atoms with Gasteiger partial charge in [0.05, 0.1) is 16.7 Å². The molecule has 0 amide bonds.